The molecule has 1 aliphatic rings. The minimum Gasteiger partial charge on any atom is -0.455 e. The number of nitro groups is 1. The summed E-state index contributed by atoms with van der Waals surface area (Å²) in [5, 5.41) is 10.5. The van der Waals surface area contributed by atoms with E-state index in [1.165, 1.54) is 24.3 Å². The van der Waals surface area contributed by atoms with Gasteiger partial charge in [-0.2, -0.15) is 0 Å². The average molecular weight is 261 g/mol. The monoisotopic (exact) mass is 261 g/mol. The highest BCUT2D eigenvalue weighted by molar-refractivity contribution is 5.90. The van der Waals surface area contributed by atoms with Crippen molar-refractivity contribution in [2.24, 2.45) is 5.41 Å². The van der Waals surface area contributed by atoms with Crippen LogP contribution in [0.2, 0.25) is 0 Å². The molecule has 0 amide bonds. The third-order valence-corrected chi connectivity index (χ3v) is 3.21. The number of rotatable bonds is 4. The molecule has 0 fully saturated rings. The third kappa shape index (κ3) is 2.81. The molecule has 19 heavy (non-hydrogen) atoms. The van der Waals surface area contributed by atoms with Gasteiger partial charge in [0.1, 0.15) is 6.10 Å². The Balaban J connectivity index is 2.00. The summed E-state index contributed by atoms with van der Waals surface area (Å²) in [4.78, 5) is 21.9. The number of hydrogen-bond acceptors (Lipinski definition) is 4. The van der Waals surface area contributed by atoms with E-state index in [0.717, 1.165) is 5.57 Å². The SMILES string of the molecule is CC(OC(=O)c1ccc([N+](=O)[O-])cc1)C1=CC1(C)C. The van der Waals surface area contributed by atoms with E-state index >= 15 is 0 Å². The number of non-ortho nitro benzene ring substituents is 1. The lowest BCUT2D eigenvalue weighted by atomic mass is 10.0. The van der Waals surface area contributed by atoms with E-state index in [1.54, 1.807) is 0 Å². The zero-order valence-electron chi connectivity index (χ0n) is 11.0. The van der Waals surface area contributed by atoms with E-state index in [0.29, 0.717) is 5.56 Å². The molecule has 5 heteroatoms. The minimum atomic E-state index is -0.505. The first-order chi connectivity index (χ1) is 8.81. The van der Waals surface area contributed by atoms with Crippen molar-refractivity contribution < 1.29 is 14.5 Å². The first-order valence-corrected chi connectivity index (χ1v) is 6.00. The largest absolute Gasteiger partial charge is 0.455 e. The standard InChI is InChI=1S/C14H15NO4/c1-9(12-8-14(12,2)3)19-13(16)10-4-6-11(7-5-10)15(17)18/h4-9H,1-3H3. The van der Waals surface area contributed by atoms with Gasteiger partial charge in [0.2, 0.25) is 0 Å². The number of carbonyl (C=O) groups excluding carboxylic acids is 1. The minimum absolute atomic E-state index is 0.0369. The van der Waals surface area contributed by atoms with Crippen LogP contribution in [-0.2, 0) is 4.74 Å². The van der Waals surface area contributed by atoms with Crippen LogP contribution in [0.3, 0.4) is 0 Å². The molecular weight excluding hydrogens is 246 g/mol. The highest BCUT2D eigenvalue weighted by atomic mass is 16.6. The highest BCUT2D eigenvalue weighted by Crippen LogP contribution is 2.45. The van der Waals surface area contributed by atoms with Crippen LogP contribution in [0.4, 0.5) is 5.69 Å². The van der Waals surface area contributed by atoms with Crippen LogP contribution in [0.1, 0.15) is 31.1 Å². The molecule has 2 rings (SSSR count). The normalized spacial score (nSPS) is 17.3. The fourth-order valence-electron chi connectivity index (χ4n) is 2.01. The van der Waals surface area contributed by atoms with Crippen LogP contribution in [0.25, 0.3) is 0 Å². The van der Waals surface area contributed by atoms with Crippen molar-refractivity contribution in [3.8, 4) is 0 Å². The quantitative estimate of drug-likeness (QED) is 0.361. The topological polar surface area (TPSA) is 69.4 Å². The Bertz CT molecular complexity index is 557. The van der Waals surface area contributed by atoms with E-state index in [-0.39, 0.29) is 17.2 Å². The predicted molar refractivity (Wildman–Crippen MR) is 69.8 cm³/mol. The number of esters is 1. The summed E-state index contributed by atoms with van der Waals surface area (Å²) in [6.07, 6.45) is 1.79. The molecule has 0 spiro atoms. The smallest absolute Gasteiger partial charge is 0.338 e. The molecule has 0 radical (unpaired) electrons. The molecule has 0 aliphatic heterocycles. The van der Waals surface area contributed by atoms with E-state index in [9.17, 15) is 14.9 Å². The number of ether oxygens (including phenoxy) is 1. The lowest BCUT2D eigenvalue weighted by molar-refractivity contribution is -0.384. The lowest BCUT2D eigenvalue weighted by Gasteiger charge is -2.14. The summed E-state index contributed by atoms with van der Waals surface area (Å²) >= 11 is 0. The van der Waals surface area contributed by atoms with Gasteiger partial charge in [-0.05, 0) is 24.6 Å². The Labute approximate surface area is 111 Å². The van der Waals surface area contributed by atoms with Crippen LogP contribution in [-0.4, -0.2) is 17.0 Å². The van der Waals surface area contributed by atoms with E-state index in [4.69, 9.17) is 4.74 Å². The molecule has 1 aromatic rings. The molecule has 0 saturated carbocycles. The van der Waals surface area contributed by atoms with Crippen molar-refractivity contribution in [2.45, 2.75) is 26.9 Å². The molecule has 1 unspecified atom stereocenters. The molecular formula is C14H15NO4. The molecule has 5 nitrogen and oxygen atoms in total. The van der Waals surface area contributed by atoms with Crippen LogP contribution < -0.4 is 0 Å². The highest BCUT2D eigenvalue weighted by Gasteiger charge is 2.38. The van der Waals surface area contributed by atoms with Crippen LogP contribution >= 0.6 is 0 Å². The van der Waals surface area contributed by atoms with Crippen LogP contribution in [0.5, 0.6) is 0 Å². The Kier molecular flexibility index (Phi) is 3.14. The Morgan fingerprint density at radius 1 is 1.32 bits per heavy atom. The molecule has 0 N–H and O–H groups in total. The number of benzene rings is 1. The second-order valence-electron chi connectivity index (χ2n) is 5.17. The molecule has 1 aromatic carbocycles. The van der Waals surface area contributed by atoms with Gasteiger partial charge in [-0.25, -0.2) is 4.79 Å². The third-order valence-electron chi connectivity index (χ3n) is 3.21. The number of nitro benzene ring substituents is 1. The van der Waals surface area contributed by atoms with E-state index < -0.39 is 10.9 Å². The first kappa shape index (κ1) is 13.3. The molecule has 0 saturated heterocycles. The number of nitrogens with zero attached hydrogens (tertiary/aromatic N) is 1. The van der Waals surface area contributed by atoms with Gasteiger partial charge in [0.25, 0.3) is 5.69 Å². The maximum absolute atomic E-state index is 11.9. The summed E-state index contributed by atoms with van der Waals surface area (Å²) in [6, 6.07) is 5.39. The summed E-state index contributed by atoms with van der Waals surface area (Å²) in [5.74, 6) is -0.467. The van der Waals surface area contributed by atoms with Gasteiger partial charge < -0.3 is 4.74 Å². The summed E-state index contributed by atoms with van der Waals surface area (Å²) in [6.45, 7) is 5.93. The molecule has 1 aliphatic carbocycles. The summed E-state index contributed by atoms with van der Waals surface area (Å²) in [7, 11) is 0. The maximum Gasteiger partial charge on any atom is 0.338 e. The maximum atomic E-state index is 11.9. The van der Waals surface area contributed by atoms with Crippen LogP contribution in [0, 0.1) is 15.5 Å². The lowest BCUT2D eigenvalue weighted by Crippen LogP contribution is -2.16. The van der Waals surface area contributed by atoms with Crippen molar-refractivity contribution in [3.63, 3.8) is 0 Å². The zero-order chi connectivity index (χ0) is 14.2. The summed E-state index contributed by atoms with van der Waals surface area (Å²) in [5.41, 5.74) is 1.41. The van der Waals surface area contributed by atoms with Gasteiger partial charge in [0.15, 0.2) is 0 Å². The van der Waals surface area contributed by atoms with E-state index in [1.807, 2.05) is 6.92 Å². The van der Waals surface area contributed by atoms with Gasteiger partial charge in [-0.3, -0.25) is 10.1 Å². The fraction of sp³-hybridized carbons (Fsp3) is 0.357. The number of hydrogen-bond donors (Lipinski definition) is 0. The van der Waals surface area contributed by atoms with Crippen molar-refractivity contribution in [1.82, 2.24) is 0 Å². The summed E-state index contributed by atoms with van der Waals surface area (Å²) < 4.78 is 5.32. The van der Waals surface area contributed by atoms with Crippen LogP contribution in [0.15, 0.2) is 35.9 Å². The molecule has 100 valence electrons. The van der Waals surface area contributed by atoms with Crippen molar-refractivity contribution in [2.75, 3.05) is 0 Å². The average Bonchev–Trinajstić information content (AvgIpc) is 2.98. The molecule has 0 aromatic heterocycles. The van der Waals surface area contributed by atoms with Gasteiger partial charge >= 0.3 is 5.97 Å². The Morgan fingerprint density at radius 2 is 1.84 bits per heavy atom. The zero-order valence-corrected chi connectivity index (χ0v) is 11.0. The molecule has 1 atom stereocenters. The van der Waals surface area contributed by atoms with Gasteiger partial charge in [-0.1, -0.05) is 19.9 Å². The second-order valence-corrected chi connectivity index (χ2v) is 5.17. The van der Waals surface area contributed by atoms with Gasteiger partial charge in [0.05, 0.1) is 10.5 Å². The van der Waals surface area contributed by atoms with Gasteiger partial charge in [0, 0.05) is 17.5 Å². The Hall–Kier alpha value is -2.17. The van der Waals surface area contributed by atoms with Gasteiger partial charge in [-0.15, -0.1) is 0 Å². The van der Waals surface area contributed by atoms with Crippen molar-refractivity contribution in [3.05, 3.63) is 51.6 Å². The predicted octanol–water partition coefficient (Wildman–Crippen LogP) is 3.11. The fourth-order valence-corrected chi connectivity index (χ4v) is 2.01. The molecule has 0 bridgehead atoms. The van der Waals surface area contributed by atoms with Crippen molar-refractivity contribution >= 4 is 11.7 Å². The van der Waals surface area contributed by atoms with E-state index in [2.05, 4.69) is 19.9 Å². The van der Waals surface area contributed by atoms with Crippen molar-refractivity contribution in [1.29, 1.82) is 0 Å². The second kappa shape index (κ2) is 4.50. The number of allylic oxidation sites excluding steroid dienone is 1. The first-order valence-electron chi connectivity index (χ1n) is 6.00. The number of carbonyl (C=O) groups is 1. The molecule has 0 heterocycles. The Morgan fingerprint density at radius 3 is 2.26 bits per heavy atom.